The van der Waals surface area contributed by atoms with E-state index in [1.54, 1.807) is 0 Å². The lowest BCUT2D eigenvalue weighted by Gasteiger charge is -2.32. The molecule has 0 unspecified atom stereocenters. The van der Waals surface area contributed by atoms with Gasteiger partial charge in [-0.05, 0) is 56.7 Å². The van der Waals surface area contributed by atoms with Crippen molar-refractivity contribution < 1.29 is 4.74 Å². The van der Waals surface area contributed by atoms with Crippen LogP contribution in [0.4, 0.5) is 0 Å². The normalized spacial score (nSPS) is 19.1. The fourth-order valence-corrected chi connectivity index (χ4v) is 5.88. The second-order valence-electron chi connectivity index (χ2n) is 11.3. The largest absolute Gasteiger partial charge is 0.464 e. The van der Waals surface area contributed by atoms with Crippen LogP contribution < -0.4 is 4.74 Å². The third kappa shape index (κ3) is 5.73. The number of fused-ring (bicyclic) bond motifs is 1. The molecule has 2 aliphatic heterocycles. The minimum atomic E-state index is 0.477. The second-order valence-corrected chi connectivity index (χ2v) is 11.3. The number of likely N-dealkylation sites (tertiary alicyclic amines) is 1. The number of nitrogens with zero attached hydrogens (tertiary/aromatic N) is 7. The first-order chi connectivity index (χ1) is 19.6. The van der Waals surface area contributed by atoms with E-state index in [9.17, 15) is 5.26 Å². The van der Waals surface area contributed by atoms with Crippen molar-refractivity contribution in [3.8, 4) is 34.5 Å². The standard InChI is InChI=1S/C32H37N7O/c1-36-16-18-38(19-17-36)22-25-7-9-27(10-8-25)29-30(28-11-5-24(20-33)6-12-28)35-32(39-15-13-34-31(29)39)40-23-26-4-3-14-37(2)21-26/h5-13,15,26H,3-4,14,16-19,21-23H2,1-2H3/t26-/m1/s1. The van der Waals surface area contributed by atoms with Gasteiger partial charge in [-0.25, -0.2) is 4.98 Å². The molecule has 2 aromatic heterocycles. The summed E-state index contributed by atoms with van der Waals surface area (Å²) in [6.45, 7) is 8.17. The summed E-state index contributed by atoms with van der Waals surface area (Å²) < 4.78 is 8.36. The van der Waals surface area contributed by atoms with Crippen LogP contribution in [0.25, 0.3) is 28.0 Å². The molecule has 40 heavy (non-hydrogen) atoms. The van der Waals surface area contributed by atoms with E-state index >= 15 is 0 Å². The van der Waals surface area contributed by atoms with Crippen LogP contribution in [0.3, 0.4) is 0 Å². The second kappa shape index (κ2) is 11.8. The van der Waals surface area contributed by atoms with E-state index in [1.165, 1.54) is 18.4 Å². The number of hydrogen-bond donors (Lipinski definition) is 0. The number of aromatic nitrogens is 3. The van der Waals surface area contributed by atoms with Crippen LogP contribution in [0.1, 0.15) is 24.0 Å². The number of hydrogen-bond acceptors (Lipinski definition) is 7. The van der Waals surface area contributed by atoms with Gasteiger partial charge in [0.25, 0.3) is 0 Å². The first-order valence-corrected chi connectivity index (χ1v) is 14.3. The maximum atomic E-state index is 9.35. The molecule has 0 aliphatic carbocycles. The first-order valence-electron chi connectivity index (χ1n) is 14.3. The van der Waals surface area contributed by atoms with Gasteiger partial charge in [-0.3, -0.25) is 9.30 Å². The maximum absolute atomic E-state index is 9.35. The molecule has 206 valence electrons. The molecule has 0 spiro atoms. The monoisotopic (exact) mass is 535 g/mol. The molecule has 2 saturated heterocycles. The molecule has 0 N–H and O–H groups in total. The Morgan fingerprint density at radius 1 is 0.925 bits per heavy atom. The van der Waals surface area contributed by atoms with E-state index < -0.39 is 0 Å². The van der Waals surface area contributed by atoms with Gasteiger partial charge < -0.3 is 14.5 Å². The summed E-state index contributed by atoms with van der Waals surface area (Å²) in [6, 6.07) is 19.2. The number of nitriles is 1. The Labute approximate surface area is 236 Å². The van der Waals surface area contributed by atoms with Crippen molar-refractivity contribution in [2.75, 3.05) is 60.0 Å². The Morgan fingerprint density at radius 3 is 2.40 bits per heavy atom. The van der Waals surface area contributed by atoms with E-state index in [0.717, 1.165) is 73.8 Å². The summed E-state index contributed by atoms with van der Waals surface area (Å²) in [4.78, 5) is 17.1. The highest BCUT2D eigenvalue weighted by Crippen LogP contribution is 2.36. The maximum Gasteiger partial charge on any atom is 0.302 e. The molecule has 0 amide bonds. The Bertz CT molecular complexity index is 1480. The van der Waals surface area contributed by atoms with Crippen LogP contribution in [0.5, 0.6) is 6.01 Å². The average molecular weight is 536 g/mol. The Kier molecular flexibility index (Phi) is 7.78. The number of benzene rings is 2. The number of rotatable bonds is 7. The Morgan fingerprint density at radius 2 is 1.68 bits per heavy atom. The van der Waals surface area contributed by atoms with Gasteiger partial charge in [0.1, 0.15) is 0 Å². The summed E-state index contributed by atoms with van der Waals surface area (Å²) >= 11 is 0. The lowest BCUT2D eigenvalue weighted by Crippen LogP contribution is -2.43. The molecule has 8 heteroatoms. The van der Waals surface area contributed by atoms with Gasteiger partial charge >= 0.3 is 6.01 Å². The lowest BCUT2D eigenvalue weighted by molar-refractivity contribution is 0.143. The zero-order chi connectivity index (χ0) is 27.5. The van der Waals surface area contributed by atoms with Gasteiger partial charge in [-0.1, -0.05) is 36.4 Å². The van der Waals surface area contributed by atoms with Gasteiger partial charge in [0, 0.05) is 63.1 Å². The third-order valence-electron chi connectivity index (χ3n) is 8.22. The zero-order valence-corrected chi connectivity index (χ0v) is 23.5. The van der Waals surface area contributed by atoms with Gasteiger partial charge in [-0.2, -0.15) is 10.2 Å². The van der Waals surface area contributed by atoms with Crippen LogP contribution in [0.2, 0.25) is 0 Å². The van der Waals surface area contributed by atoms with Gasteiger partial charge in [-0.15, -0.1) is 0 Å². The Hall–Kier alpha value is -3.77. The molecule has 8 nitrogen and oxygen atoms in total. The summed E-state index contributed by atoms with van der Waals surface area (Å²) in [5, 5.41) is 9.35. The van der Waals surface area contributed by atoms with Crippen molar-refractivity contribution >= 4 is 5.65 Å². The predicted molar refractivity (Wildman–Crippen MR) is 157 cm³/mol. The van der Waals surface area contributed by atoms with Crippen molar-refractivity contribution in [2.24, 2.45) is 5.92 Å². The van der Waals surface area contributed by atoms with Crippen LogP contribution in [0, 0.1) is 17.2 Å². The summed E-state index contributed by atoms with van der Waals surface area (Å²) in [5.74, 6) is 0.477. The highest BCUT2D eigenvalue weighted by molar-refractivity contribution is 5.90. The number of piperidine rings is 1. The molecular weight excluding hydrogens is 498 g/mol. The van der Waals surface area contributed by atoms with Crippen molar-refractivity contribution in [1.82, 2.24) is 29.1 Å². The Balaban J connectivity index is 1.35. The van der Waals surface area contributed by atoms with Crippen LogP contribution in [0.15, 0.2) is 60.9 Å². The topological polar surface area (TPSA) is 72.9 Å². The minimum Gasteiger partial charge on any atom is -0.464 e. The smallest absolute Gasteiger partial charge is 0.302 e. The van der Waals surface area contributed by atoms with Crippen molar-refractivity contribution in [3.63, 3.8) is 0 Å². The van der Waals surface area contributed by atoms with E-state index in [-0.39, 0.29) is 0 Å². The van der Waals surface area contributed by atoms with Crippen LogP contribution in [-0.2, 0) is 6.54 Å². The molecule has 0 bridgehead atoms. The lowest BCUT2D eigenvalue weighted by atomic mass is 9.98. The molecule has 0 saturated carbocycles. The summed E-state index contributed by atoms with van der Waals surface area (Å²) in [7, 11) is 4.36. The number of piperazine rings is 1. The third-order valence-corrected chi connectivity index (χ3v) is 8.22. The molecule has 2 aromatic carbocycles. The van der Waals surface area contributed by atoms with E-state index in [1.807, 2.05) is 41.1 Å². The van der Waals surface area contributed by atoms with E-state index in [0.29, 0.717) is 24.1 Å². The number of imidazole rings is 1. The summed E-state index contributed by atoms with van der Waals surface area (Å²) in [5.41, 5.74) is 6.51. The van der Waals surface area contributed by atoms with Crippen molar-refractivity contribution in [1.29, 1.82) is 5.26 Å². The average Bonchev–Trinajstić information content (AvgIpc) is 3.48. The SMILES string of the molecule is CN1CCN(Cc2ccc(-c3c(-c4ccc(C#N)cc4)nc(OC[C@@H]4CCCN(C)C4)n4ccnc34)cc2)CC1. The fourth-order valence-electron chi connectivity index (χ4n) is 5.88. The molecule has 2 fully saturated rings. The molecule has 1 atom stereocenters. The number of likely N-dealkylation sites (N-methyl/N-ethyl adjacent to an activating group) is 1. The quantitative estimate of drug-likeness (QED) is 0.347. The molecule has 4 aromatic rings. The zero-order valence-electron chi connectivity index (χ0n) is 23.5. The molecule has 0 radical (unpaired) electrons. The highest BCUT2D eigenvalue weighted by Gasteiger charge is 2.22. The fraction of sp³-hybridized carbons (Fsp3) is 0.406. The van der Waals surface area contributed by atoms with E-state index in [2.05, 4.69) is 59.1 Å². The van der Waals surface area contributed by atoms with Gasteiger partial charge in [0.2, 0.25) is 0 Å². The number of ether oxygens (including phenoxy) is 1. The van der Waals surface area contributed by atoms with Gasteiger partial charge in [0.15, 0.2) is 5.65 Å². The predicted octanol–water partition coefficient (Wildman–Crippen LogP) is 4.40. The molecular formula is C32H37N7O. The highest BCUT2D eigenvalue weighted by atomic mass is 16.5. The first kappa shape index (κ1) is 26.5. The van der Waals surface area contributed by atoms with Crippen molar-refractivity contribution in [2.45, 2.75) is 19.4 Å². The van der Waals surface area contributed by atoms with E-state index in [4.69, 9.17) is 14.7 Å². The molecule has 2 aliphatic rings. The van der Waals surface area contributed by atoms with Crippen LogP contribution >= 0.6 is 0 Å². The summed E-state index contributed by atoms with van der Waals surface area (Å²) in [6.07, 6.45) is 6.10. The molecule has 6 rings (SSSR count). The minimum absolute atomic E-state index is 0.477. The van der Waals surface area contributed by atoms with Gasteiger partial charge in [0.05, 0.1) is 29.5 Å². The molecule has 4 heterocycles. The van der Waals surface area contributed by atoms with Crippen molar-refractivity contribution in [3.05, 3.63) is 72.1 Å². The van der Waals surface area contributed by atoms with Crippen LogP contribution in [-0.4, -0.2) is 89.0 Å².